The van der Waals surface area contributed by atoms with Gasteiger partial charge in [-0.15, -0.1) is 0 Å². The van der Waals surface area contributed by atoms with Gasteiger partial charge in [0.05, 0.1) is 12.1 Å². The van der Waals surface area contributed by atoms with E-state index >= 15 is 0 Å². The molecule has 0 saturated carbocycles. The van der Waals surface area contributed by atoms with E-state index in [0.717, 1.165) is 44.5 Å². The molecule has 1 N–H and O–H groups in total. The maximum atomic E-state index is 12.6. The third-order valence-electron chi connectivity index (χ3n) is 5.25. The van der Waals surface area contributed by atoms with Crippen LogP contribution in [0.15, 0.2) is 48.5 Å². The third kappa shape index (κ3) is 3.91. The second-order valence-electron chi connectivity index (χ2n) is 7.09. The van der Waals surface area contributed by atoms with Crippen molar-refractivity contribution < 1.29 is 14.3 Å². The highest BCUT2D eigenvalue weighted by atomic mass is 16.5. The summed E-state index contributed by atoms with van der Waals surface area (Å²) >= 11 is 0. The summed E-state index contributed by atoms with van der Waals surface area (Å²) in [6, 6.07) is 15.9. The Morgan fingerprint density at radius 3 is 2.73 bits per heavy atom. The Balaban J connectivity index is 1.36. The zero-order valence-electron chi connectivity index (χ0n) is 14.9. The Morgan fingerprint density at radius 2 is 1.92 bits per heavy atom. The van der Waals surface area contributed by atoms with Gasteiger partial charge in [-0.1, -0.05) is 24.3 Å². The molecule has 1 fully saturated rings. The Labute approximate surface area is 154 Å². The second-order valence-corrected chi connectivity index (χ2v) is 7.09. The van der Waals surface area contributed by atoms with Crippen LogP contribution >= 0.6 is 0 Å². The van der Waals surface area contributed by atoms with E-state index in [2.05, 4.69) is 23.5 Å². The number of ether oxygens (including phenoxy) is 2. The minimum absolute atomic E-state index is 0.0302. The summed E-state index contributed by atoms with van der Waals surface area (Å²) in [6.07, 6.45) is 5.56. The molecule has 0 bridgehead atoms. The summed E-state index contributed by atoms with van der Waals surface area (Å²) < 4.78 is 11.3. The number of hydrogen-bond donors (Lipinski definition) is 1. The van der Waals surface area contributed by atoms with Crippen molar-refractivity contribution in [1.82, 2.24) is 5.32 Å². The molecule has 136 valence electrons. The van der Waals surface area contributed by atoms with Crippen LogP contribution in [0, 0.1) is 0 Å². The van der Waals surface area contributed by atoms with Gasteiger partial charge in [0.2, 0.25) is 0 Å². The predicted molar refractivity (Wildman–Crippen MR) is 100 cm³/mol. The monoisotopic (exact) mass is 351 g/mol. The molecule has 1 aliphatic carbocycles. The smallest absolute Gasteiger partial charge is 0.251 e. The molecule has 2 aromatic carbocycles. The number of amides is 1. The number of carbonyl (C=O) groups excluding carboxylic acids is 1. The summed E-state index contributed by atoms with van der Waals surface area (Å²) in [7, 11) is 0. The number of aryl methyl sites for hydroxylation is 1. The molecule has 0 spiro atoms. The molecule has 4 heteroatoms. The predicted octanol–water partition coefficient (Wildman–Crippen LogP) is 4.05. The van der Waals surface area contributed by atoms with Crippen molar-refractivity contribution in [2.45, 2.75) is 44.2 Å². The number of rotatable bonds is 5. The molecule has 4 rings (SSSR count). The maximum Gasteiger partial charge on any atom is 0.251 e. The van der Waals surface area contributed by atoms with Crippen LogP contribution in [0.3, 0.4) is 0 Å². The fourth-order valence-electron chi connectivity index (χ4n) is 3.81. The van der Waals surface area contributed by atoms with E-state index in [4.69, 9.17) is 9.47 Å². The van der Waals surface area contributed by atoms with Gasteiger partial charge in [0.15, 0.2) is 0 Å². The second kappa shape index (κ2) is 7.92. The van der Waals surface area contributed by atoms with Crippen LogP contribution in [0.4, 0.5) is 0 Å². The minimum atomic E-state index is -0.0302. The van der Waals surface area contributed by atoms with Gasteiger partial charge < -0.3 is 14.8 Å². The van der Waals surface area contributed by atoms with Crippen molar-refractivity contribution in [2.75, 3.05) is 13.2 Å². The van der Waals surface area contributed by atoms with Crippen LogP contribution in [0.5, 0.6) is 5.75 Å². The Morgan fingerprint density at radius 1 is 1.08 bits per heavy atom. The fourth-order valence-corrected chi connectivity index (χ4v) is 3.81. The van der Waals surface area contributed by atoms with E-state index in [1.54, 1.807) is 0 Å². The normalized spacial score (nSPS) is 21.8. The molecule has 1 heterocycles. The van der Waals surface area contributed by atoms with Crippen molar-refractivity contribution >= 4 is 5.91 Å². The SMILES string of the molecule is O=C(N[C@H]1CCCc2ccccc21)c1ccc(OC[C@H]2CCCO2)cc1. The van der Waals surface area contributed by atoms with Crippen molar-refractivity contribution in [1.29, 1.82) is 0 Å². The summed E-state index contributed by atoms with van der Waals surface area (Å²) in [5, 5.41) is 3.19. The van der Waals surface area contributed by atoms with Gasteiger partial charge in [0, 0.05) is 12.2 Å². The van der Waals surface area contributed by atoms with E-state index in [0.29, 0.717) is 12.2 Å². The van der Waals surface area contributed by atoms with E-state index in [1.807, 2.05) is 30.3 Å². The van der Waals surface area contributed by atoms with Gasteiger partial charge in [-0.3, -0.25) is 4.79 Å². The Bertz CT molecular complexity index is 750. The number of carbonyl (C=O) groups is 1. The zero-order valence-corrected chi connectivity index (χ0v) is 14.9. The van der Waals surface area contributed by atoms with Crippen LogP contribution in [0.2, 0.25) is 0 Å². The largest absolute Gasteiger partial charge is 0.491 e. The molecule has 4 nitrogen and oxygen atoms in total. The van der Waals surface area contributed by atoms with E-state index in [1.165, 1.54) is 11.1 Å². The van der Waals surface area contributed by atoms with Crippen LogP contribution in [-0.4, -0.2) is 25.2 Å². The van der Waals surface area contributed by atoms with Crippen LogP contribution in [0.1, 0.15) is 53.2 Å². The molecular weight excluding hydrogens is 326 g/mol. The van der Waals surface area contributed by atoms with E-state index < -0.39 is 0 Å². The van der Waals surface area contributed by atoms with Gasteiger partial charge in [-0.25, -0.2) is 0 Å². The highest BCUT2D eigenvalue weighted by Gasteiger charge is 2.22. The standard InChI is InChI=1S/C22H25NO3/c24-22(23-21-9-3-6-16-5-1-2-8-20(16)21)17-10-12-18(13-11-17)26-15-19-7-4-14-25-19/h1-2,5,8,10-13,19,21H,3-4,6-7,9,14-15H2,(H,23,24)/t19-,21+/m1/s1. The number of hydrogen-bond acceptors (Lipinski definition) is 3. The van der Waals surface area contributed by atoms with Crippen molar-refractivity contribution in [3.63, 3.8) is 0 Å². The first-order valence-corrected chi connectivity index (χ1v) is 9.53. The lowest BCUT2D eigenvalue weighted by atomic mass is 9.87. The number of benzene rings is 2. The summed E-state index contributed by atoms with van der Waals surface area (Å²) in [5.74, 6) is 0.748. The van der Waals surface area contributed by atoms with Gasteiger partial charge in [0.1, 0.15) is 12.4 Å². The molecule has 0 aromatic heterocycles. The fraction of sp³-hybridized carbons (Fsp3) is 0.409. The zero-order chi connectivity index (χ0) is 17.8. The number of nitrogens with one attached hydrogen (secondary N) is 1. The Hall–Kier alpha value is -2.33. The molecule has 26 heavy (non-hydrogen) atoms. The molecule has 2 aromatic rings. The minimum Gasteiger partial charge on any atom is -0.491 e. The lowest BCUT2D eigenvalue weighted by Crippen LogP contribution is -2.30. The molecule has 2 atom stereocenters. The summed E-state index contributed by atoms with van der Waals surface area (Å²) in [4.78, 5) is 12.6. The first-order chi connectivity index (χ1) is 12.8. The average Bonchev–Trinajstić information content (AvgIpc) is 3.21. The summed E-state index contributed by atoms with van der Waals surface area (Å²) in [5.41, 5.74) is 3.27. The van der Waals surface area contributed by atoms with Crippen LogP contribution < -0.4 is 10.1 Å². The summed E-state index contributed by atoms with van der Waals surface area (Å²) in [6.45, 7) is 1.40. The lowest BCUT2D eigenvalue weighted by molar-refractivity contribution is 0.0679. The lowest BCUT2D eigenvalue weighted by Gasteiger charge is -2.26. The molecule has 1 saturated heterocycles. The van der Waals surface area contributed by atoms with Gasteiger partial charge >= 0.3 is 0 Å². The molecule has 0 unspecified atom stereocenters. The van der Waals surface area contributed by atoms with Gasteiger partial charge in [-0.05, 0) is 67.5 Å². The molecular formula is C22H25NO3. The maximum absolute atomic E-state index is 12.6. The Kier molecular flexibility index (Phi) is 5.21. The highest BCUT2D eigenvalue weighted by Crippen LogP contribution is 2.29. The molecule has 1 amide bonds. The molecule has 2 aliphatic rings. The molecule has 0 radical (unpaired) electrons. The van der Waals surface area contributed by atoms with E-state index in [9.17, 15) is 4.79 Å². The van der Waals surface area contributed by atoms with Crippen LogP contribution in [-0.2, 0) is 11.2 Å². The van der Waals surface area contributed by atoms with Crippen molar-refractivity contribution in [3.05, 3.63) is 65.2 Å². The molecule has 1 aliphatic heterocycles. The van der Waals surface area contributed by atoms with Crippen molar-refractivity contribution in [2.24, 2.45) is 0 Å². The third-order valence-corrected chi connectivity index (χ3v) is 5.25. The quantitative estimate of drug-likeness (QED) is 0.884. The highest BCUT2D eigenvalue weighted by molar-refractivity contribution is 5.94. The van der Waals surface area contributed by atoms with Gasteiger partial charge in [-0.2, -0.15) is 0 Å². The van der Waals surface area contributed by atoms with E-state index in [-0.39, 0.29) is 18.1 Å². The van der Waals surface area contributed by atoms with Crippen molar-refractivity contribution in [3.8, 4) is 5.75 Å². The van der Waals surface area contributed by atoms with Crippen LogP contribution in [0.25, 0.3) is 0 Å². The van der Waals surface area contributed by atoms with Gasteiger partial charge in [0.25, 0.3) is 5.91 Å². The average molecular weight is 351 g/mol. The topological polar surface area (TPSA) is 47.6 Å². The first-order valence-electron chi connectivity index (χ1n) is 9.53. The first kappa shape index (κ1) is 17.1. The number of fused-ring (bicyclic) bond motifs is 1.